The second kappa shape index (κ2) is 5.60. The van der Waals surface area contributed by atoms with E-state index in [1.54, 1.807) is 7.11 Å². The molecule has 94 valence electrons. The molecule has 0 unspecified atom stereocenters. The second-order valence-corrected chi connectivity index (χ2v) is 5.88. The van der Waals surface area contributed by atoms with E-state index in [9.17, 15) is 13.2 Å². The number of sulfonamides is 1. The summed E-state index contributed by atoms with van der Waals surface area (Å²) in [5, 5.41) is 8.45. The Kier molecular flexibility index (Phi) is 4.69. The monoisotopic (exact) mass is 251 g/mol. The Bertz CT molecular complexity index is 332. The average Bonchev–Trinajstić information content (AvgIpc) is 2.27. The fourth-order valence-corrected chi connectivity index (χ4v) is 3.15. The van der Waals surface area contributed by atoms with Crippen molar-refractivity contribution in [2.45, 2.75) is 25.4 Å². The molecule has 0 aromatic carbocycles. The standard InChI is InChI=1S/C9H17NO5S/c1-15-8-2-5-10(6-3-8)16(13,14)7-4-9(11)12/h8H,2-7H2,1H3,(H,11,12). The van der Waals surface area contributed by atoms with Crippen LogP contribution in [0.15, 0.2) is 0 Å². The Hall–Kier alpha value is -0.660. The molecule has 0 aliphatic carbocycles. The average molecular weight is 251 g/mol. The quantitative estimate of drug-likeness (QED) is 0.737. The number of ether oxygens (including phenoxy) is 1. The molecule has 1 saturated heterocycles. The van der Waals surface area contributed by atoms with Gasteiger partial charge in [-0.3, -0.25) is 4.79 Å². The molecular formula is C9H17NO5S. The highest BCUT2D eigenvalue weighted by atomic mass is 32.2. The minimum absolute atomic E-state index is 0.117. The van der Waals surface area contributed by atoms with Crippen molar-refractivity contribution in [2.75, 3.05) is 26.0 Å². The number of carbonyl (C=O) groups is 1. The van der Waals surface area contributed by atoms with E-state index >= 15 is 0 Å². The van der Waals surface area contributed by atoms with Crippen LogP contribution in [0.4, 0.5) is 0 Å². The van der Waals surface area contributed by atoms with Crippen LogP contribution in [0.25, 0.3) is 0 Å². The zero-order valence-corrected chi connectivity index (χ0v) is 10.1. The van der Waals surface area contributed by atoms with Crippen molar-refractivity contribution in [3.8, 4) is 0 Å². The first kappa shape index (κ1) is 13.4. The normalized spacial score (nSPS) is 19.8. The molecular weight excluding hydrogens is 234 g/mol. The lowest BCUT2D eigenvalue weighted by Gasteiger charge is -2.30. The molecule has 0 amide bonds. The van der Waals surface area contributed by atoms with Crippen molar-refractivity contribution in [1.29, 1.82) is 0 Å². The molecule has 0 atom stereocenters. The summed E-state index contributed by atoms with van der Waals surface area (Å²) in [7, 11) is -1.80. The molecule has 0 spiro atoms. The fourth-order valence-electron chi connectivity index (χ4n) is 1.69. The van der Waals surface area contributed by atoms with Crippen molar-refractivity contribution in [2.24, 2.45) is 0 Å². The van der Waals surface area contributed by atoms with E-state index in [1.807, 2.05) is 0 Å². The summed E-state index contributed by atoms with van der Waals surface area (Å²) >= 11 is 0. The molecule has 1 aliphatic rings. The van der Waals surface area contributed by atoms with Crippen molar-refractivity contribution in [3.63, 3.8) is 0 Å². The molecule has 7 heteroatoms. The van der Waals surface area contributed by atoms with E-state index in [1.165, 1.54) is 4.31 Å². The van der Waals surface area contributed by atoms with Crippen LogP contribution < -0.4 is 0 Å². The highest BCUT2D eigenvalue weighted by molar-refractivity contribution is 7.89. The lowest BCUT2D eigenvalue weighted by molar-refractivity contribution is -0.136. The Balaban J connectivity index is 2.48. The number of rotatable bonds is 5. The summed E-state index contributed by atoms with van der Waals surface area (Å²) in [6, 6.07) is 0. The van der Waals surface area contributed by atoms with Crippen molar-refractivity contribution >= 4 is 16.0 Å². The molecule has 1 N–H and O–H groups in total. The summed E-state index contributed by atoms with van der Waals surface area (Å²) in [5.41, 5.74) is 0. The Morgan fingerprint density at radius 1 is 1.44 bits per heavy atom. The van der Waals surface area contributed by atoms with E-state index in [0.717, 1.165) is 0 Å². The van der Waals surface area contributed by atoms with Gasteiger partial charge in [-0.15, -0.1) is 0 Å². The van der Waals surface area contributed by atoms with Gasteiger partial charge in [-0.2, -0.15) is 0 Å². The second-order valence-electron chi connectivity index (χ2n) is 3.79. The van der Waals surface area contributed by atoms with Gasteiger partial charge in [-0.1, -0.05) is 0 Å². The lowest BCUT2D eigenvalue weighted by atomic mass is 10.1. The lowest BCUT2D eigenvalue weighted by Crippen LogP contribution is -2.41. The van der Waals surface area contributed by atoms with Gasteiger partial charge in [0, 0.05) is 20.2 Å². The summed E-state index contributed by atoms with van der Waals surface area (Å²) in [6.45, 7) is 0.834. The zero-order chi connectivity index (χ0) is 12.2. The molecule has 0 aromatic heterocycles. The van der Waals surface area contributed by atoms with Crippen LogP contribution in [0.5, 0.6) is 0 Å². The Labute approximate surface area is 95.2 Å². The molecule has 0 saturated carbocycles. The third kappa shape index (κ3) is 3.73. The third-order valence-electron chi connectivity index (χ3n) is 2.70. The minimum Gasteiger partial charge on any atom is -0.481 e. The third-order valence-corrected chi connectivity index (χ3v) is 4.57. The zero-order valence-electron chi connectivity index (χ0n) is 9.26. The first-order chi connectivity index (χ1) is 7.45. The van der Waals surface area contributed by atoms with E-state index in [-0.39, 0.29) is 18.3 Å². The maximum atomic E-state index is 11.7. The predicted molar refractivity (Wildman–Crippen MR) is 57.6 cm³/mol. The van der Waals surface area contributed by atoms with Crippen molar-refractivity contribution in [3.05, 3.63) is 0 Å². The van der Waals surface area contributed by atoms with Crippen LogP contribution in [0, 0.1) is 0 Å². The van der Waals surface area contributed by atoms with Gasteiger partial charge in [0.2, 0.25) is 10.0 Å². The molecule has 1 heterocycles. The van der Waals surface area contributed by atoms with Crippen LogP contribution in [0.2, 0.25) is 0 Å². The molecule has 16 heavy (non-hydrogen) atoms. The van der Waals surface area contributed by atoms with E-state index in [0.29, 0.717) is 25.9 Å². The van der Waals surface area contributed by atoms with E-state index in [2.05, 4.69) is 0 Å². The Morgan fingerprint density at radius 2 is 2.00 bits per heavy atom. The molecule has 1 fully saturated rings. The molecule has 0 radical (unpaired) electrons. The largest absolute Gasteiger partial charge is 0.481 e. The van der Waals surface area contributed by atoms with Gasteiger partial charge in [0.15, 0.2) is 0 Å². The number of hydrogen-bond donors (Lipinski definition) is 1. The van der Waals surface area contributed by atoms with Crippen LogP contribution in [0.1, 0.15) is 19.3 Å². The number of piperidine rings is 1. The Morgan fingerprint density at radius 3 is 2.44 bits per heavy atom. The van der Waals surface area contributed by atoms with Crippen molar-refractivity contribution in [1.82, 2.24) is 4.31 Å². The van der Waals surface area contributed by atoms with Gasteiger partial charge in [-0.05, 0) is 12.8 Å². The van der Waals surface area contributed by atoms with Gasteiger partial charge in [0.1, 0.15) is 0 Å². The highest BCUT2D eigenvalue weighted by Gasteiger charge is 2.28. The van der Waals surface area contributed by atoms with Gasteiger partial charge < -0.3 is 9.84 Å². The molecule has 6 nitrogen and oxygen atoms in total. The summed E-state index contributed by atoms with van der Waals surface area (Å²) in [6.07, 6.45) is 1.11. The smallest absolute Gasteiger partial charge is 0.304 e. The van der Waals surface area contributed by atoms with Crippen LogP contribution >= 0.6 is 0 Å². The molecule has 1 aliphatic heterocycles. The summed E-state index contributed by atoms with van der Waals surface area (Å²) < 4.78 is 29.9. The van der Waals surface area contributed by atoms with E-state index < -0.39 is 16.0 Å². The van der Waals surface area contributed by atoms with Gasteiger partial charge in [-0.25, -0.2) is 12.7 Å². The molecule has 0 bridgehead atoms. The number of aliphatic carboxylic acids is 1. The first-order valence-electron chi connectivity index (χ1n) is 5.18. The number of carboxylic acid groups (broad SMARTS) is 1. The van der Waals surface area contributed by atoms with Crippen LogP contribution in [-0.2, 0) is 19.6 Å². The maximum absolute atomic E-state index is 11.7. The maximum Gasteiger partial charge on any atom is 0.304 e. The number of nitrogens with zero attached hydrogens (tertiary/aromatic N) is 1. The minimum atomic E-state index is -3.41. The summed E-state index contributed by atoms with van der Waals surface area (Å²) in [4.78, 5) is 10.3. The van der Waals surface area contributed by atoms with Gasteiger partial charge in [0.25, 0.3) is 0 Å². The molecule has 0 aromatic rings. The first-order valence-corrected chi connectivity index (χ1v) is 6.79. The number of carboxylic acids is 1. The fraction of sp³-hybridized carbons (Fsp3) is 0.889. The van der Waals surface area contributed by atoms with Crippen LogP contribution in [0.3, 0.4) is 0 Å². The topological polar surface area (TPSA) is 83.9 Å². The van der Waals surface area contributed by atoms with Crippen LogP contribution in [-0.4, -0.2) is 55.9 Å². The van der Waals surface area contributed by atoms with Gasteiger partial charge in [0.05, 0.1) is 18.3 Å². The SMILES string of the molecule is COC1CCN(S(=O)(=O)CCC(=O)O)CC1. The highest BCUT2D eigenvalue weighted by Crippen LogP contribution is 2.16. The number of methoxy groups -OCH3 is 1. The molecule has 1 rings (SSSR count). The van der Waals surface area contributed by atoms with Gasteiger partial charge >= 0.3 is 5.97 Å². The van der Waals surface area contributed by atoms with E-state index in [4.69, 9.17) is 9.84 Å². The number of hydrogen-bond acceptors (Lipinski definition) is 4. The summed E-state index contributed by atoms with van der Waals surface area (Å²) in [5.74, 6) is -1.41. The van der Waals surface area contributed by atoms with Crippen molar-refractivity contribution < 1.29 is 23.1 Å². The predicted octanol–water partition coefficient (Wildman–Crippen LogP) is -0.0983.